The summed E-state index contributed by atoms with van der Waals surface area (Å²) in [6.07, 6.45) is 1.88. The molecule has 11 heteroatoms. The van der Waals surface area contributed by atoms with Crippen molar-refractivity contribution in [1.82, 2.24) is 19.0 Å². The highest BCUT2D eigenvalue weighted by Crippen LogP contribution is 2.35. The Morgan fingerprint density at radius 2 is 1.91 bits per heavy atom. The van der Waals surface area contributed by atoms with Crippen LogP contribution in [0.3, 0.4) is 0 Å². The molecule has 8 nitrogen and oxygen atoms in total. The van der Waals surface area contributed by atoms with Crippen molar-refractivity contribution in [3.05, 3.63) is 70.4 Å². The lowest BCUT2D eigenvalue weighted by Crippen LogP contribution is -2.38. The lowest BCUT2D eigenvalue weighted by atomic mass is 10.0. The maximum absolute atomic E-state index is 14.5. The van der Waals surface area contributed by atoms with E-state index in [0.717, 1.165) is 12.1 Å². The zero-order valence-corrected chi connectivity index (χ0v) is 17.7. The van der Waals surface area contributed by atoms with Gasteiger partial charge in [0, 0.05) is 36.5 Å². The molecule has 0 aliphatic carbocycles. The Morgan fingerprint density at radius 1 is 1.19 bits per heavy atom. The lowest BCUT2D eigenvalue weighted by Gasteiger charge is -2.11. The predicted molar refractivity (Wildman–Crippen MR) is 113 cm³/mol. The molecule has 32 heavy (non-hydrogen) atoms. The molecule has 0 spiro atoms. The van der Waals surface area contributed by atoms with Gasteiger partial charge >= 0.3 is 5.69 Å². The Kier molecular flexibility index (Phi) is 4.75. The SMILES string of the molecule is CCS(=O)(=O)N[C@H]1Cc2cn(-c3noc4cccc(-c5c(F)cccc5F)c34)c(=O)n2C1. The van der Waals surface area contributed by atoms with E-state index in [9.17, 15) is 22.0 Å². The van der Waals surface area contributed by atoms with Gasteiger partial charge in [0.15, 0.2) is 11.4 Å². The van der Waals surface area contributed by atoms with Crippen molar-refractivity contribution in [2.24, 2.45) is 0 Å². The third-order valence-electron chi connectivity index (χ3n) is 5.59. The number of sulfonamides is 1. The second-order valence-corrected chi connectivity index (χ2v) is 9.63. The van der Waals surface area contributed by atoms with Crippen LogP contribution in [0.4, 0.5) is 8.78 Å². The molecule has 0 fully saturated rings. The second kappa shape index (κ2) is 7.38. The minimum Gasteiger partial charge on any atom is -0.354 e. The molecular weight excluding hydrogens is 442 g/mol. The number of imidazole rings is 1. The fourth-order valence-electron chi connectivity index (χ4n) is 4.09. The van der Waals surface area contributed by atoms with Crippen molar-refractivity contribution >= 4 is 21.0 Å². The maximum Gasteiger partial charge on any atom is 0.334 e. The largest absolute Gasteiger partial charge is 0.354 e. The molecule has 0 saturated carbocycles. The first-order valence-electron chi connectivity index (χ1n) is 9.93. The minimum atomic E-state index is -3.41. The van der Waals surface area contributed by atoms with Crippen molar-refractivity contribution in [2.45, 2.75) is 25.9 Å². The molecule has 0 saturated heterocycles. The summed E-state index contributed by atoms with van der Waals surface area (Å²) in [5.41, 5.74) is 0.409. The molecular formula is C21H18F2N4O4S. The Hall–Kier alpha value is -3.31. The van der Waals surface area contributed by atoms with Crippen LogP contribution in [0.15, 0.2) is 51.9 Å². The van der Waals surface area contributed by atoms with Crippen molar-refractivity contribution in [3.8, 4) is 16.9 Å². The van der Waals surface area contributed by atoms with Gasteiger partial charge in [-0.15, -0.1) is 0 Å². The number of halogens is 2. The predicted octanol–water partition coefficient (Wildman–Crippen LogP) is 2.59. The average molecular weight is 460 g/mol. The first kappa shape index (κ1) is 20.6. The number of nitrogens with one attached hydrogen (secondary N) is 1. The van der Waals surface area contributed by atoms with E-state index in [1.54, 1.807) is 18.3 Å². The number of hydrogen-bond acceptors (Lipinski definition) is 5. The Morgan fingerprint density at radius 3 is 2.59 bits per heavy atom. The third kappa shape index (κ3) is 3.24. The molecule has 3 heterocycles. The second-order valence-electron chi connectivity index (χ2n) is 7.59. The molecule has 2 aromatic carbocycles. The van der Waals surface area contributed by atoms with E-state index in [2.05, 4.69) is 9.88 Å². The minimum absolute atomic E-state index is 0.0526. The highest BCUT2D eigenvalue weighted by molar-refractivity contribution is 7.89. The van der Waals surface area contributed by atoms with Crippen molar-refractivity contribution < 1.29 is 21.7 Å². The van der Waals surface area contributed by atoms with Crippen molar-refractivity contribution in [1.29, 1.82) is 0 Å². The molecule has 0 unspecified atom stereocenters. The summed E-state index contributed by atoms with van der Waals surface area (Å²) in [4.78, 5) is 13.1. The number of rotatable bonds is 5. The number of hydrogen-bond donors (Lipinski definition) is 1. The molecule has 2 aromatic heterocycles. The summed E-state index contributed by atoms with van der Waals surface area (Å²) in [5.74, 6) is -1.44. The summed E-state index contributed by atoms with van der Waals surface area (Å²) in [7, 11) is -3.41. The van der Waals surface area contributed by atoms with Gasteiger partial charge in [-0.1, -0.05) is 23.4 Å². The fraction of sp³-hybridized carbons (Fsp3) is 0.238. The number of aromatic nitrogens is 3. The van der Waals surface area contributed by atoms with Gasteiger partial charge < -0.3 is 4.52 Å². The Labute approximate surface area is 181 Å². The van der Waals surface area contributed by atoms with Gasteiger partial charge in [-0.25, -0.2) is 31.3 Å². The van der Waals surface area contributed by atoms with Crippen molar-refractivity contribution in [2.75, 3.05) is 5.75 Å². The van der Waals surface area contributed by atoms with Crippen LogP contribution in [0.1, 0.15) is 12.6 Å². The average Bonchev–Trinajstić information content (AvgIpc) is 3.42. The van der Waals surface area contributed by atoms with Crippen LogP contribution in [0.25, 0.3) is 27.9 Å². The van der Waals surface area contributed by atoms with Crippen LogP contribution in [-0.4, -0.2) is 34.5 Å². The van der Waals surface area contributed by atoms with Gasteiger partial charge in [-0.3, -0.25) is 4.57 Å². The number of fused-ring (bicyclic) bond motifs is 2. The van der Waals surface area contributed by atoms with Crippen LogP contribution in [0, 0.1) is 11.6 Å². The Bertz CT molecular complexity index is 1500. The summed E-state index contributed by atoms with van der Waals surface area (Å²) >= 11 is 0. The van der Waals surface area contributed by atoms with E-state index in [4.69, 9.17) is 4.52 Å². The summed E-state index contributed by atoms with van der Waals surface area (Å²) in [6.45, 7) is 1.71. The topological polar surface area (TPSA) is 99.1 Å². The van der Waals surface area contributed by atoms with Crippen LogP contribution in [-0.2, 0) is 23.0 Å². The van der Waals surface area contributed by atoms with E-state index in [0.29, 0.717) is 17.5 Å². The van der Waals surface area contributed by atoms with E-state index in [-0.39, 0.29) is 34.8 Å². The van der Waals surface area contributed by atoms with E-state index >= 15 is 0 Å². The van der Waals surface area contributed by atoms with E-state index in [1.165, 1.54) is 28.2 Å². The molecule has 1 N–H and O–H groups in total. The smallest absolute Gasteiger partial charge is 0.334 e. The molecule has 166 valence electrons. The number of benzene rings is 2. The van der Waals surface area contributed by atoms with Gasteiger partial charge in [0.2, 0.25) is 10.0 Å². The van der Waals surface area contributed by atoms with Crippen LogP contribution in [0.5, 0.6) is 0 Å². The Balaban J connectivity index is 1.61. The highest BCUT2D eigenvalue weighted by atomic mass is 32.2. The highest BCUT2D eigenvalue weighted by Gasteiger charge is 2.30. The molecule has 0 bridgehead atoms. The summed E-state index contributed by atoms with van der Waals surface area (Å²) < 4.78 is 63.4. The van der Waals surface area contributed by atoms with Gasteiger partial charge in [-0.2, -0.15) is 0 Å². The fourth-order valence-corrected chi connectivity index (χ4v) is 4.93. The molecule has 5 rings (SSSR count). The zero-order valence-electron chi connectivity index (χ0n) is 16.9. The molecule has 0 radical (unpaired) electrons. The van der Waals surface area contributed by atoms with Gasteiger partial charge in [0.05, 0.1) is 16.7 Å². The molecule has 0 amide bonds. The molecule has 1 aliphatic rings. The van der Waals surface area contributed by atoms with Gasteiger partial charge in [0.25, 0.3) is 0 Å². The number of nitrogens with zero attached hydrogens (tertiary/aromatic N) is 3. The standard InChI is InChI=1S/C21H18F2N4O4S/c1-2-32(29,30)25-12-9-13-11-27(21(28)26(13)10-12)20-19-14(5-3-8-17(19)31-24-20)18-15(22)6-4-7-16(18)23/h3-8,11-12,25H,2,9-10H2,1H3/t12-/m0/s1. The molecule has 1 atom stereocenters. The molecule has 1 aliphatic heterocycles. The third-order valence-corrected chi connectivity index (χ3v) is 7.04. The normalized spacial score (nSPS) is 16.0. The van der Waals surface area contributed by atoms with Crippen molar-refractivity contribution in [3.63, 3.8) is 0 Å². The molecule has 4 aromatic rings. The lowest BCUT2D eigenvalue weighted by molar-refractivity contribution is 0.450. The van der Waals surface area contributed by atoms with Gasteiger partial charge in [-0.05, 0) is 25.1 Å². The first-order chi connectivity index (χ1) is 15.3. The van der Waals surface area contributed by atoms with E-state index in [1.807, 2.05) is 0 Å². The van der Waals surface area contributed by atoms with Crippen LogP contribution in [0.2, 0.25) is 0 Å². The summed E-state index contributed by atoms with van der Waals surface area (Å²) in [5, 5.41) is 4.29. The first-order valence-corrected chi connectivity index (χ1v) is 11.6. The van der Waals surface area contributed by atoms with Crippen LogP contribution >= 0.6 is 0 Å². The monoisotopic (exact) mass is 460 g/mol. The maximum atomic E-state index is 14.5. The van der Waals surface area contributed by atoms with E-state index < -0.39 is 33.4 Å². The van der Waals surface area contributed by atoms with Crippen LogP contribution < -0.4 is 10.4 Å². The summed E-state index contributed by atoms with van der Waals surface area (Å²) in [6, 6.07) is 7.88. The zero-order chi connectivity index (χ0) is 22.6. The quantitative estimate of drug-likeness (QED) is 0.494. The van der Waals surface area contributed by atoms with Gasteiger partial charge in [0.1, 0.15) is 11.6 Å².